The number of hydrogen-bond donors (Lipinski definition) is 1. The molecule has 6 heavy (non-hydrogen) atoms. The van der Waals surface area contributed by atoms with E-state index in [2.05, 4.69) is 6.92 Å². The highest BCUT2D eigenvalue weighted by Gasteiger charge is 1.96. The van der Waals surface area contributed by atoms with Gasteiger partial charge in [-0.15, -0.1) is 0 Å². The molecule has 0 aliphatic rings. The molecule has 1 unspecified atom stereocenters. The van der Waals surface area contributed by atoms with Crippen LogP contribution >= 0.6 is 0 Å². The van der Waals surface area contributed by atoms with Crippen molar-refractivity contribution in [1.29, 1.82) is 0 Å². The first-order valence-electron chi connectivity index (χ1n) is 1.72. The molecule has 1 N–H and O–H groups in total. The molecule has 0 aliphatic heterocycles. The maximum absolute atomic E-state index is 9.42. The van der Waals surface area contributed by atoms with E-state index in [1.165, 1.54) is 0 Å². The molecule has 2 heteroatoms. The lowest BCUT2D eigenvalue weighted by Gasteiger charge is -1.81. The van der Waals surface area contributed by atoms with Crippen molar-refractivity contribution >= 4 is 6.29 Å². The molecule has 0 rings (SSSR count). The minimum atomic E-state index is -0.720. The molecular weight excluding hydrogens is 80.0 g/mol. The van der Waals surface area contributed by atoms with Gasteiger partial charge in [-0.05, 0) is 0 Å². The lowest BCUT2D eigenvalue weighted by Crippen LogP contribution is -1.98. The molecule has 0 radical (unpaired) electrons. The summed E-state index contributed by atoms with van der Waals surface area (Å²) in [5.74, 6) is 0. The molecule has 0 amide bonds. The van der Waals surface area contributed by atoms with Crippen LogP contribution in [0.1, 0.15) is 6.42 Å². The summed E-state index contributed by atoms with van der Waals surface area (Å²) >= 11 is 0. The molecule has 34 valence electrons. The summed E-state index contributed by atoms with van der Waals surface area (Å²) in [4.78, 5) is 9.42. The van der Waals surface area contributed by atoms with Crippen LogP contribution in [0.5, 0.6) is 0 Å². The summed E-state index contributed by atoms with van der Waals surface area (Å²) in [6, 6.07) is 0. The standard InChI is InChI=1S/C4H7O2/c1-4(6)2-3-5/h3-4,6H,1-2H2/q+1. The maximum Gasteiger partial charge on any atom is 0.198 e. The fourth-order valence-electron chi connectivity index (χ4n) is 0.111. The van der Waals surface area contributed by atoms with Crippen LogP contribution < -0.4 is 0 Å². The minimum absolute atomic E-state index is 0.139. The zero-order valence-corrected chi connectivity index (χ0v) is 3.42. The van der Waals surface area contributed by atoms with Crippen molar-refractivity contribution in [2.24, 2.45) is 0 Å². The van der Waals surface area contributed by atoms with Crippen molar-refractivity contribution in [2.75, 3.05) is 0 Å². The molecule has 1 atom stereocenters. The van der Waals surface area contributed by atoms with Crippen LogP contribution in [0.15, 0.2) is 0 Å². The van der Waals surface area contributed by atoms with Crippen LogP contribution in [0.4, 0.5) is 0 Å². The molecule has 0 saturated heterocycles. The third-order valence-corrected chi connectivity index (χ3v) is 0.368. The van der Waals surface area contributed by atoms with Gasteiger partial charge in [-0.1, -0.05) is 0 Å². The molecule has 0 spiro atoms. The van der Waals surface area contributed by atoms with Crippen LogP contribution in [0.3, 0.4) is 0 Å². The molecule has 0 saturated carbocycles. The third-order valence-electron chi connectivity index (χ3n) is 0.368. The summed E-state index contributed by atoms with van der Waals surface area (Å²) < 4.78 is 0. The SMILES string of the molecule is [CH2+]C(O)CC=O. The van der Waals surface area contributed by atoms with Crippen molar-refractivity contribution in [3.63, 3.8) is 0 Å². The van der Waals surface area contributed by atoms with Crippen molar-refractivity contribution in [3.8, 4) is 0 Å². The largest absolute Gasteiger partial charge is 0.353 e. The topological polar surface area (TPSA) is 37.3 Å². The second-order valence-corrected chi connectivity index (χ2v) is 1.06. The molecular formula is C4H7O2+. The summed E-state index contributed by atoms with van der Waals surface area (Å²) in [6.07, 6.45) is 0.0556. The second kappa shape index (κ2) is 2.72. The first-order chi connectivity index (χ1) is 2.77. The average molecular weight is 87.1 g/mol. The van der Waals surface area contributed by atoms with Gasteiger partial charge in [-0.3, -0.25) is 0 Å². The van der Waals surface area contributed by atoms with E-state index >= 15 is 0 Å². The molecule has 0 bridgehead atoms. The summed E-state index contributed by atoms with van der Waals surface area (Å²) in [7, 11) is 0. The Balaban J connectivity index is 2.81. The van der Waals surface area contributed by atoms with E-state index in [9.17, 15) is 4.79 Å². The summed E-state index contributed by atoms with van der Waals surface area (Å²) in [5, 5.41) is 8.21. The Morgan fingerprint density at radius 1 is 2.00 bits per heavy atom. The molecule has 0 aromatic carbocycles. The van der Waals surface area contributed by atoms with Gasteiger partial charge in [0.1, 0.15) is 6.29 Å². The van der Waals surface area contributed by atoms with Crippen LogP contribution in [0.2, 0.25) is 0 Å². The van der Waals surface area contributed by atoms with Crippen LogP contribution in [-0.4, -0.2) is 17.5 Å². The van der Waals surface area contributed by atoms with E-state index in [0.717, 1.165) is 0 Å². The Labute approximate surface area is 36.8 Å². The molecule has 0 aromatic heterocycles. The molecule has 2 nitrogen and oxygen atoms in total. The van der Waals surface area contributed by atoms with Gasteiger partial charge >= 0.3 is 0 Å². The number of hydrogen-bond acceptors (Lipinski definition) is 2. The van der Waals surface area contributed by atoms with Crippen LogP contribution in [0, 0.1) is 6.92 Å². The van der Waals surface area contributed by atoms with E-state index in [1.54, 1.807) is 0 Å². The maximum atomic E-state index is 9.42. The first kappa shape index (κ1) is 5.50. The number of aliphatic hydroxyl groups is 1. The van der Waals surface area contributed by atoms with Gasteiger partial charge < -0.3 is 9.90 Å². The number of aliphatic hydroxyl groups excluding tert-OH is 1. The van der Waals surface area contributed by atoms with Gasteiger partial charge in [0.2, 0.25) is 0 Å². The Morgan fingerprint density at radius 2 is 2.50 bits per heavy atom. The van der Waals surface area contributed by atoms with Gasteiger partial charge in [0.05, 0.1) is 13.3 Å². The Kier molecular flexibility index (Phi) is 2.50. The fourth-order valence-corrected chi connectivity index (χ4v) is 0.111. The monoisotopic (exact) mass is 87.0 g/mol. The predicted molar refractivity (Wildman–Crippen MR) is 22.0 cm³/mol. The number of carbonyl (C=O) groups is 1. The Morgan fingerprint density at radius 3 is 2.50 bits per heavy atom. The van der Waals surface area contributed by atoms with Gasteiger partial charge in [0.15, 0.2) is 6.10 Å². The van der Waals surface area contributed by atoms with Gasteiger partial charge in [-0.25, -0.2) is 0 Å². The Hall–Kier alpha value is -0.500. The minimum Gasteiger partial charge on any atom is -0.353 e. The quantitative estimate of drug-likeness (QED) is 0.373. The normalized spacial score (nSPS) is 13.5. The molecule has 0 fully saturated rings. The zero-order valence-electron chi connectivity index (χ0n) is 3.42. The van der Waals surface area contributed by atoms with Crippen LogP contribution in [-0.2, 0) is 4.79 Å². The highest BCUT2D eigenvalue weighted by Crippen LogP contribution is 1.79. The molecule has 0 aromatic rings. The predicted octanol–water partition coefficient (Wildman–Crippen LogP) is -0.230. The highest BCUT2D eigenvalue weighted by molar-refractivity contribution is 5.50. The Bertz CT molecular complexity index is 40.8. The third kappa shape index (κ3) is 3.50. The van der Waals surface area contributed by atoms with E-state index in [1.807, 2.05) is 0 Å². The number of aldehydes is 1. The van der Waals surface area contributed by atoms with Crippen molar-refractivity contribution < 1.29 is 9.90 Å². The second-order valence-electron chi connectivity index (χ2n) is 1.06. The zero-order chi connectivity index (χ0) is 4.99. The number of carbonyl (C=O) groups excluding carboxylic acids is 1. The van der Waals surface area contributed by atoms with Gasteiger partial charge in [0.25, 0.3) is 0 Å². The van der Waals surface area contributed by atoms with E-state index in [4.69, 9.17) is 5.11 Å². The van der Waals surface area contributed by atoms with Crippen molar-refractivity contribution in [1.82, 2.24) is 0 Å². The van der Waals surface area contributed by atoms with E-state index in [-0.39, 0.29) is 6.42 Å². The number of rotatable bonds is 2. The van der Waals surface area contributed by atoms with Crippen LogP contribution in [0.25, 0.3) is 0 Å². The van der Waals surface area contributed by atoms with E-state index < -0.39 is 6.10 Å². The highest BCUT2D eigenvalue weighted by atomic mass is 16.3. The van der Waals surface area contributed by atoms with Gasteiger partial charge in [0, 0.05) is 0 Å². The summed E-state index contributed by atoms with van der Waals surface area (Å²) in [6.45, 7) is 3.15. The summed E-state index contributed by atoms with van der Waals surface area (Å²) in [5.41, 5.74) is 0. The fraction of sp³-hybridized carbons (Fsp3) is 0.500. The average Bonchev–Trinajstić information content (AvgIpc) is 1.35. The smallest absolute Gasteiger partial charge is 0.198 e. The van der Waals surface area contributed by atoms with Gasteiger partial charge in [-0.2, -0.15) is 0 Å². The first-order valence-corrected chi connectivity index (χ1v) is 1.72. The molecule has 0 heterocycles. The molecule has 0 aliphatic carbocycles. The van der Waals surface area contributed by atoms with Crippen molar-refractivity contribution in [2.45, 2.75) is 12.5 Å². The van der Waals surface area contributed by atoms with Crippen molar-refractivity contribution in [3.05, 3.63) is 6.92 Å². The lowest BCUT2D eigenvalue weighted by atomic mass is 10.3. The van der Waals surface area contributed by atoms with E-state index in [0.29, 0.717) is 6.29 Å². The lowest BCUT2D eigenvalue weighted by molar-refractivity contribution is -0.109.